The van der Waals surface area contributed by atoms with Crippen molar-refractivity contribution in [2.45, 2.75) is 36.1 Å². The van der Waals surface area contributed by atoms with E-state index in [1.807, 2.05) is 24.3 Å². The maximum atomic E-state index is 14.0. The van der Waals surface area contributed by atoms with E-state index in [4.69, 9.17) is 9.47 Å². The van der Waals surface area contributed by atoms with Crippen molar-refractivity contribution in [2.24, 2.45) is 29.6 Å². The van der Waals surface area contributed by atoms with E-state index >= 15 is 0 Å². The highest BCUT2D eigenvalue weighted by molar-refractivity contribution is 8.00. The number of hydrogen-bond acceptors (Lipinski definition) is 9. The van der Waals surface area contributed by atoms with Crippen LogP contribution in [0.4, 0.5) is 15.8 Å². The van der Waals surface area contributed by atoms with E-state index in [-0.39, 0.29) is 58.8 Å². The molecule has 7 atom stereocenters. The second-order valence-electron chi connectivity index (χ2n) is 13.0. The van der Waals surface area contributed by atoms with Crippen LogP contribution in [0, 0.1) is 35.4 Å². The molecule has 8 rings (SSSR count). The van der Waals surface area contributed by atoms with Gasteiger partial charge in [-0.3, -0.25) is 28.6 Å². The Morgan fingerprint density at radius 1 is 0.920 bits per heavy atom. The molecule has 1 saturated heterocycles. The molecule has 4 aliphatic rings. The number of anilines is 2. The molecule has 1 N–H and O–H groups in total. The second-order valence-corrected chi connectivity index (χ2v) is 15.1. The van der Waals surface area contributed by atoms with Crippen molar-refractivity contribution in [3.8, 4) is 5.75 Å². The summed E-state index contributed by atoms with van der Waals surface area (Å²) in [6.07, 6.45) is 0.709. The first-order valence-electron chi connectivity index (χ1n) is 16.4. The number of rotatable bonds is 8. The van der Waals surface area contributed by atoms with Crippen molar-refractivity contribution >= 4 is 58.2 Å². The van der Waals surface area contributed by atoms with Crippen LogP contribution in [0.25, 0.3) is 0 Å². The highest BCUT2D eigenvalue weighted by atomic mass is 32.2. The molecule has 0 radical (unpaired) electrons. The Balaban J connectivity index is 1.12. The van der Waals surface area contributed by atoms with Gasteiger partial charge in [-0.1, -0.05) is 23.5 Å². The number of hydrogen-bond donors (Lipinski definition) is 1. The van der Waals surface area contributed by atoms with Crippen molar-refractivity contribution in [1.29, 1.82) is 0 Å². The van der Waals surface area contributed by atoms with Gasteiger partial charge < -0.3 is 14.8 Å². The number of methoxy groups -OCH3 is 1. The summed E-state index contributed by atoms with van der Waals surface area (Å²) in [5.74, 6) is -2.63. The van der Waals surface area contributed by atoms with E-state index in [0.717, 1.165) is 21.8 Å². The highest BCUT2D eigenvalue weighted by Gasteiger charge is 2.69. The molecule has 50 heavy (non-hydrogen) atoms. The lowest BCUT2D eigenvalue weighted by atomic mass is 9.68. The highest BCUT2D eigenvalue weighted by Crippen LogP contribution is 2.69. The number of thioether (sulfide) groups is 1. The molecule has 3 amide bonds. The molecule has 2 bridgehead atoms. The number of carbonyl (C=O) groups excluding carboxylic acids is 4. The van der Waals surface area contributed by atoms with Crippen LogP contribution in [0.5, 0.6) is 5.75 Å². The van der Waals surface area contributed by atoms with Crippen LogP contribution in [0.3, 0.4) is 0 Å². The smallest absolute Gasteiger partial charge is 0.338 e. The monoisotopic (exact) mass is 713 g/mol. The van der Waals surface area contributed by atoms with E-state index in [2.05, 4.69) is 5.32 Å². The van der Waals surface area contributed by atoms with Gasteiger partial charge in [0, 0.05) is 21.7 Å². The van der Waals surface area contributed by atoms with Crippen LogP contribution >= 0.6 is 23.1 Å². The van der Waals surface area contributed by atoms with Crippen LogP contribution in [-0.4, -0.2) is 47.2 Å². The molecule has 7 unspecified atom stereocenters. The third-order valence-corrected chi connectivity index (χ3v) is 13.3. The number of amides is 3. The molecule has 4 aromatic rings. The van der Waals surface area contributed by atoms with Gasteiger partial charge in [0.1, 0.15) is 18.1 Å². The molecule has 0 spiro atoms. The maximum absolute atomic E-state index is 14.0. The Morgan fingerprint density at radius 2 is 1.60 bits per heavy atom. The number of thiazole rings is 1. The number of nitrogens with one attached hydrogen (secondary N) is 1. The Hall–Kier alpha value is -4.75. The lowest BCUT2D eigenvalue weighted by Gasteiger charge is -2.43. The largest absolute Gasteiger partial charge is 0.497 e. The first-order chi connectivity index (χ1) is 24.2. The summed E-state index contributed by atoms with van der Waals surface area (Å²) in [7, 11) is 1.59. The van der Waals surface area contributed by atoms with Gasteiger partial charge in [-0.2, -0.15) is 0 Å². The number of imide groups is 1. The second kappa shape index (κ2) is 12.5. The molecule has 10 nitrogen and oxygen atoms in total. The Morgan fingerprint density at radius 3 is 2.26 bits per heavy atom. The molecule has 2 saturated carbocycles. The van der Waals surface area contributed by atoms with E-state index in [1.165, 1.54) is 45.5 Å². The van der Waals surface area contributed by atoms with Gasteiger partial charge >= 0.3 is 10.8 Å². The predicted molar refractivity (Wildman–Crippen MR) is 185 cm³/mol. The molecule has 2 aliphatic heterocycles. The summed E-state index contributed by atoms with van der Waals surface area (Å²) in [5.41, 5.74) is 2.17. The Bertz CT molecular complexity index is 2080. The summed E-state index contributed by atoms with van der Waals surface area (Å²) in [4.78, 5) is 68.8. The van der Waals surface area contributed by atoms with Crippen LogP contribution in [0.1, 0.15) is 40.1 Å². The molecular weight excluding hydrogens is 682 g/mol. The van der Waals surface area contributed by atoms with Gasteiger partial charge in [-0.25, -0.2) is 9.18 Å². The lowest BCUT2D eigenvalue weighted by Crippen LogP contribution is -2.43. The van der Waals surface area contributed by atoms with Crippen molar-refractivity contribution < 1.29 is 33.0 Å². The molecule has 3 fully saturated rings. The minimum Gasteiger partial charge on any atom is -0.497 e. The summed E-state index contributed by atoms with van der Waals surface area (Å²) >= 11 is 2.65. The summed E-state index contributed by atoms with van der Waals surface area (Å²) < 4.78 is 25.7. The fourth-order valence-corrected chi connectivity index (χ4v) is 11.7. The minimum atomic E-state index is -0.510. The molecule has 3 heterocycles. The predicted octanol–water partition coefficient (Wildman–Crippen LogP) is 5.55. The van der Waals surface area contributed by atoms with Gasteiger partial charge in [0.15, 0.2) is 0 Å². The Labute approximate surface area is 294 Å². The van der Waals surface area contributed by atoms with Gasteiger partial charge in [0.2, 0.25) is 17.7 Å². The zero-order valence-electron chi connectivity index (χ0n) is 27.0. The third kappa shape index (κ3) is 5.17. The van der Waals surface area contributed by atoms with Gasteiger partial charge in [-0.05, 0) is 97.3 Å². The molecule has 3 aromatic carbocycles. The number of benzene rings is 3. The SMILES string of the molecule is CCOC(=O)c1ccc(NC(=O)Cn2c3c(sc2=O)C(c2ccc(OC)cc2)C2C4CC(C2S3)C2C(=O)N(c3ccc(F)cc3)C(=O)C42)cc1. The van der Waals surface area contributed by atoms with Crippen LogP contribution < -0.4 is 19.8 Å². The fraction of sp³-hybridized carbons (Fsp3) is 0.324. The fourth-order valence-electron chi connectivity index (χ4n) is 8.53. The van der Waals surface area contributed by atoms with Crippen LogP contribution in [-0.2, 0) is 25.7 Å². The normalized spacial score (nSPS) is 26.0. The molecule has 1 aromatic heterocycles. The zero-order valence-corrected chi connectivity index (χ0v) is 28.7. The van der Waals surface area contributed by atoms with Crippen molar-refractivity contribution in [2.75, 3.05) is 23.9 Å². The topological polar surface area (TPSA) is 124 Å². The number of fused-ring (bicyclic) bond motifs is 9. The maximum Gasteiger partial charge on any atom is 0.338 e. The van der Waals surface area contributed by atoms with E-state index in [9.17, 15) is 28.4 Å². The summed E-state index contributed by atoms with van der Waals surface area (Å²) in [6, 6.07) is 19.5. The average Bonchev–Trinajstić information content (AvgIpc) is 3.84. The lowest BCUT2D eigenvalue weighted by molar-refractivity contribution is -0.123. The average molecular weight is 714 g/mol. The van der Waals surface area contributed by atoms with Gasteiger partial charge in [0.25, 0.3) is 0 Å². The number of aromatic nitrogens is 1. The third-order valence-electron chi connectivity index (χ3n) is 10.5. The van der Waals surface area contributed by atoms with E-state index < -0.39 is 29.5 Å². The number of carbonyl (C=O) groups is 4. The minimum absolute atomic E-state index is 0.0321. The van der Waals surface area contributed by atoms with Crippen LogP contribution in [0.2, 0.25) is 0 Å². The standard InChI is InChI=1S/C37H32FN3O7S2/c1-3-48-36(45)19-4-10-21(11-5-19)39-26(42)17-40-35-32(50-37(40)46)27(18-6-14-23(47-2)15-7-18)28-24-16-25(31(28)49-35)30-29(24)33(43)41(34(30)44)22-12-8-20(38)9-13-22/h4-15,24-25,27-31H,3,16-17H2,1-2H3,(H,39,42). The molecular formula is C37H32FN3O7S2. The number of halogens is 1. The summed E-state index contributed by atoms with van der Waals surface area (Å²) in [5, 5.41) is 3.45. The van der Waals surface area contributed by atoms with E-state index in [0.29, 0.717) is 34.1 Å². The van der Waals surface area contributed by atoms with Crippen molar-refractivity contribution in [3.63, 3.8) is 0 Å². The van der Waals surface area contributed by atoms with Crippen molar-refractivity contribution in [1.82, 2.24) is 4.57 Å². The number of nitrogens with zero attached hydrogens (tertiary/aromatic N) is 2. The first kappa shape index (κ1) is 32.5. The summed E-state index contributed by atoms with van der Waals surface area (Å²) in [6.45, 7) is 1.75. The van der Waals surface area contributed by atoms with Gasteiger partial charge in [-0.15, -0.1) is 11.8 Å². The zero-order chi connectivity index (χ0) is 34.8. The number of ether oxygens (including phenoxy) is 2. The number of esters is 1. The van der Waals surface area contributed by atoms with Crippen molar-refractivity contribution in [3.05, 3.63) is 104 Å². The van der Waals surface area contributed by atoms with Gasteiger partial charge in [0.05, 0.1) is 41.8 Å². The Kier molecular flexibility index (Phi) is 8.14. The molecule has 2 aliphatic carbocycles. The van der Waals surface area contributed by atoms with E-state index in [1.54, 1.807) is 38.3 Å². The molecule has 256 valence electrons. The molecule has 13 heteroatoms. The van der Waals surface area contributed by atoms with Crippen LogP contribution in [0.15, 0.2) is 82.6 Å². The quantitative estimate of drug-likeness (QED) is 0.186. The first-order valence-corrected chi connectivity index (χ1v) is 18.1.